The minimum absolute atomic E-state index is 0.217. The highest BCUT2D eigenvalue weighted by Gasteiger charge is 2.08. The maximum absolute atomic E-state index is 10.8. The van der Waals surface area contributed by atoms with Gasteiger partial charge >= 0.3 is 7.80 Å². The highest BCUT2D eigenvalue weighted by molar-refractivity contribution is 7.44. The Morgan fingerprint density at radius 3 is 2.60 bits per heavy atom. The zero-order valence-electron chi connectivity index (χ0n) is 6.25. The van der Waals surface area contributed by atoms with Gasteiger partial charge in [-0.3, -0.25) is 4.57 Å². The SMILES string of the molecule is CC[P+](=O)CCCCP=O. The van der Waals surface area contributed by atoms with Gasteiger partial charge in [0.2, 0.25) is 0 Å². The number of unbranched alkanes of at least 4 members (excludes halogenated alkanes) is 1. The highest BCUT2D eigenvalue weighted by atomic mass is 31.1. The molecule has 58 valence electrons. The molecule has 0 heterocycles. The lowest BCUT2D eigenvalue weighted by molar-refractivity contribution is 0.585. The van der Waals surface area contributed by atoms with Crippen molar-refractivity contribution in [3.8, 4) is 0 Å². The molecule has 2 nitrogen and oxygen atoms in total. The van der Waals surface area contributed by atoms with E-state index in [4.69, 9.17) is 0 Å². The maximum atomic E-state index is 10.8. The topological polar surface area (TPSA) is 34.1 Å². The molecule has 1 unspecified atom stereocenters. The smallest absolute Gasteiger partial charge is 0.275 e. The summed E-state index contributed by atoms with van der Waals surface area (Å²) in [7, 11) is -0.734. The third kappa shape index (κ3) is 6.32. The average Bonchev–Trinajstić information content (AvgIpc) is 1.98. The van der Waals surface area contributed by atoms with E-state index in [1.165, 1.54) is 0 Å². The first-order chi connectivity index (χ1) is 4.81. The summed E-state index contributed by atoms with van der Waals surface area (Å²) >= 11 is 0. The molecule has 0 aromatic rings. The Bertz CT molecular complexity index is 114. The van der Waals surface area contributed by atoms with Crippen molar-refractivity contribution in [3.63, 3.8) is 0 Å². The molecule has 10 heavy (non-hydrogen) atoms. The molecule has 0 bridgehead atoms. The summed E-state index contributed by atoms with van der Waals surface area (Å²) in [4.78, 5) is 0. The summed E-state index contributed by atoms with van der Waals surface area (Å²) in [5.41, 5.74) is 0. The summed E-state index contributed by atoms with van der Waals surface area (Å²) in [5.74, 6) is 0. The van der Waals surface area contributed by atoms with Crippen LogP contribution in [0.4, 0.5) is 0 Å². The van der Waals surface area contributed by atoms with Crippen LogP contribution in [0, 0.1) is 0 Å². The zero-order chi connectivity index (χ0) is 7.82. The van der Waals surface area contributed by atoms with Gasteiger partial charge in [0.25, 0.3) is 0 Å². The first-order valence-corrected chi connectivity index (χ1v) is 6.15. The van der Waals surface area contributed by atoms with E-state index in [1.54, 1.807) is 0 Å². The Balaban J connectivity index is 3.03. The van der Waals surface area contributed by atoms with Crippen molar-refractivity contribution < 1.29 is 9.13 Å². The molecule has 0 aliphatic carbocycles. The van der Waals surface area contributed by atoms with Crippen LogP contribution in [-0.2, 0) is 9.13 Å². The van der Waals surface area contributed by atoms with Gasteiger partial charge in [0, 0.05) is 6.16 Å². The van der Waals surface area contributed by atoms with Crippen LogP contribution in [0.15, 0.2) is 0 Å². The van der Waals surface area contributed by atoms with Crippen LogP contribution in [0.2, 0.25) is 0 Å². The molecule has 0 saturated heterocycles. The van der Waals surface area contributed by atoms with Gasteiger partial charge in [0.05, 0.1) is 0 Å². The highest BCUT2D eigenvalue weighted by Crippen LogP contribution is 2.21. The van der Waals surface area contributed by atoms with Crippen molar-refractivity contribution in [3.05, 3.63) is 0 Å². The van der Waals surface area contributed by atoms with E-state index in [2.05, 4.69) is 0 Å². The quantitative estimate of drug-likeness (QED) is 0.464. The Morgan fingerprint density at radius 1 is 1.40 bits per heavy atom. The van der Waals surface area contributed by atoms with Crippen LogP contribution in [0.1, 0.15) is 19.8 Å². The van der Waals surface area contributed by atoms with Crippen molar-refractivity contribution in [1.82, 2.24) is 0 Å². The summed E-state index contributed by atoms with van der Waals surface area (Å²) in [6.45, 7) is 1.94. The molecule has 0 aliphatic heterocycles. The van der Waals surface area contributed by atoms with Crippen molar-refractivity contribution >= 4 is 16.3 Å². The second-order valence-electron chi connectivity index (χ2n) is 2.08. The third-order valence-electron chi connectivity index (χ3n) is 1.26. The predicted octanol–water partition coefficient (Wildman–Crippen LogP) is 2.91. The lowest BCUT2D eigenvalue weighted by atomic mass is 10.4. The van der Waals surface area contributed by atoms with Crippen LogP contribution >= 0.6 is 16.3 Å². The van der Waals surface area contributed by atoms with Crippen LogP contribution in [-0.4, -0.2) is 18.5 Å². The van der Waals surface area contributed by atoms with E-state index in [9.17, 15) is 9.13 Å². The summed E-state index contributed by atoms with van der Waals surface area (Å²) in [6.07, 6.45) is 4.20. The normalized spacial score (nSPS) is 11.9. The first kappa shape index (κ1) is 10.2. The minimum atomic E-state index is -0.950. The fourth-order valence-electron chi connectivity index (χ4n) is 0.623. The summed E-state index contributed by atoms with van der Waals surface area (Å²) < 4.78 is 20.8. The molecule has 0 aliphatic rings. The Labute approximate surface area is 64.4 Å². The maximum Gasteiger partial charge on any atom is 0.338 e. The van der Waals surface area contributed by atoms with Crippen LogP contribution in [0.3, 0.4) is 0 Å². The van der Waals surface area contributed by atoms with E-state index in [0.717, 1.165) is 25.2 Å². The molecular weight excluding hydrogens is 166 g/mol. The molecule has 1 atom stereocenters. The Hall–Kier alpha value is 0.200. The van der Waals surface area contributed by atoms with Gasteiger partial charge in [-0.05, 0) is 19.8 Å². The zero-order valence-corrected chi connectivity index (χ0v) is 8.04. The first-order valence-electron chi connectivity index (χ1n) is 3.52. The van der Waals surface area contributed by atoms with Gasteiger partial charge in [-0.25, -0.2) is 0 Å². The van der Waals surface area contributed by atoms with Crippen molar-refractivity contribution in [1.29, 1.82) is 0 Å². The molecule has 0 aromatic carbocycles. The standard InChI is InChI=1S/C6H13O2P2/c1-2-10(8)6-4-3-5-9-7/h2-6H2,1H3/q+1. The monoisotopic (exact) mass is 179 g/mol. The van der Waals surface area contributed by atoms with E-state index < -0.39 is 7.80 Å². The van der Waals surface area contributed by atoms with Crippen molar-refractivity contribution in [2.24, 2.45) is 0 Å². The van der Waals surface area contributed by atoms with E-state index in [-0.39, 0.29) is 8.46 Å². The van der Waals surface area contributed by atoms with Crippen molar-refractivity contribution in [2.75, 3.05) is 18.5 Å². The minimum Gasteiger partial charge on any atom is -0.275 e. The largest absolute Gasteiger partial charge is 0.338 e. The number of hydrogen-bond acceptors (Lipinski definition) is 2. The second-order valence-corrected chi connectivity index (χ2v) is 4.83. The van der Waals surface area contributed by atoms with Crippen molar-refractivity contribution in [2.45, 2.75) is 19.8 Å². The molecule has 0 spiro atoms. The lowest BCUT2D eigenvalue weighted by Crippen LogP contribution is -1.82. The van der Waals surface area contributed by atoms with Gasteiger partial charge in [-0.2, -0.15) is 0 Å². The number of hydrogen-bond donors (Lipinski definition) is 0. The van der Waals surface area contributed by atoms with E-state index in [0.29, 0.717) is 6.16 Å². The Morgan fingerprint density at radius 2 is 2.10 bits per heavy atom. The van der Waals surface area contributed by atoms with Crippen LogP contribution in [0.5, 0.6) is 0 Å². The molecule has 0 rings (SSSR count). The summed E-state index contributed by atoms with van der Waals surface area (Å²) in [6, 6.07) is 0. The average molecular weight is 179 g/mol. The number of rotatable bonds is 6. The van der Waals surface area contributed by atoms with Gasteiger partial charge in [-0.15, -0.1) is 0 Å². The molecule has 0 fully saturated rings. The van der Waals surface area contributed by atoms with Crippen LogP contribution in [0.25, 0.3) is 0 Å². The molecule has 0 N–H and O–H groups in total. The van der Waals surface area contributed by atoms with Crippen LogP contribution < -0.4 is 0 Å². The molecule has 0 radical (unpaired) electrons. The van der Waals surface area contributed by atoms with E-state index in [1.807, 2.05) is 6.92 Å². The van der Waals surface area contributed by atoms with Gasteiger partial charge in [0.15, 0.2) is 8.46 Å². The summed E-state index contributed by atoms with van der Waals surface area (Å²) in [5, 5.41) is 0. The molecule has 4 heteroatoms. The van der Waals surface area contributed by atoms with Gasteiger partial charge in [-0.1, -0.05) is 4.57 Å². The van der Waals surface area contributed by atoms with E-state index >= 15 is 0 Å². The predicted molar refractivity (Wildman–Crippen MR) is 44.7 cm³/mol. The third-order valence-corrected chi connectivity index (χ3v) is 3.28. The fourth-order valence-corrected chi connectivity index (χ4v) is 1.87. The van der Waals surface area contributed by atoms with Gasteiger partial charge < -0.3 is 0 Å². The Kier molecular flexibility index (Phi) is 7.45. The lowest BCUT2D eigenvalue weighted by Gasteiger charge is -1.84. The van der Waals surface area contributed by atoms with Gasteiger partial charge in [0.1, 0.15) is 12.3 Å². The molecule has 0 aromatic heterocycles. The molecule has 0 saturated carbocycles. The second kappa shape index (κ2) is 7.31. The molecule has 0 amide bonds. The fraction of sp³-hybridized carbons (Fsp3) is 1.00. The molecular formula is C6H13O2P2+.